The molecule has 0 aromatic carbocycles. The Bertz CT molecular complexity index is 940. The summed E-state index contributed by atoms with van der Waals surface area (Å²) in [7, 11) is 3.79. The van der Waals surface area contributed by atoms with Crippen LogP contribution in [-0.2, 0) is 9.59 Å². The minimum Gasteiger partial charge on any atom is -0.507 e. The fraction of sp³-hybridized carbons (Fsp3) is 0.350. The lowest BCUT2D eigenvalue weighted by atomic mass is 9.96. The van der Waals surface area contributed by atoms with Crippen LogP contribution >= 0.6 is 0 Å². The normalized spacial score (nSPS) is 18.9. The van der Waals surface area contributed by atoms with Gasteiger partial charge in [-0.15, -0.1) is 0 Å². The minimum absolute atomic E-state index is 0.0468. The van der Waals surface area contributed by atoms with Crippen molar-refractivity contribution < 1.29 is 14.7 Å². The molecular weight excluding hydrogens is 358 g/mol. The van der Waals surface area contributed by atoms with Crippen LogP contribution in [0.4, 0.5) is 0 Å². The van der Waals surface area contributed by atoms with Gasteiger partial charge in [-0.05, 0) is 45.6 Å². The molecule has 0 unspecified atom stereocenters. The lowest BCUT2D eigenvalue weighted by Crippen LogP contribution is -2.35. The number of aliphatic hydroxyl groups is 1. The molecule has 146 valence electrons. The summed E-state index contributed by atoms with van der Waals surface area (Å²) in [5, 5.41) is 11.0. The molecule has 1 aliphatic rings. The van der Waals surface area contributed by atoms with E-state index in [1.807, 2.05) is 19.0 Å². The Hall–Kier alpha value is -3.13. The van der Waals surface area contributed by atoms with Crippen molar-refractivity contribution in [3.63, 3.8) is 0 Å². The van der Waals surface area contributed by atoms with E-state index in [1.54, 1.807) is 38.4 Å². The standard InChI is InChI=1S/C20H23N5O3/c1-12-15(11-22-13(2)23-12)18(26)16-17(14-5-7-21-8-6-14)25(10-9-24(3)4)20(28)19(16)27/h5-8,11,17,26H,9-10H2,1-4H3/b18-16+/t17-/m0/s1. The fourth-order valence-corrected chi connectivity index (χ4v) is 3.27. The molecule has 0 spiro atoms. The number of likely N-dealkylation sites (N-methyl/N-ethyl adjacent to an activating group) is 1. The van der Waals surface area contributed by atoms with Crippen molar-refractivity contribution in [1.29, 1.82) is 0 Å². The number of amides is 1. The summed E-state index contributed by atoms with van der Waals surface area (Å²) < 4.78 is 0. The SMILES string of the molecule is Cc1ncc(/C(O)=C2\C(=O)C(=O)N(CCN(C)C)[C@H]2c2ccncc2)c(C)n1. The number of aryl methyl sites for hydroxylation is 2. The van der Waals surface area contributed by atoms with Crippen molar-refractivity contribution in [3.8, 4) is 0 Å². The smallest absolute Gasteiger partial charge is 0.295 e. The molecule has 2 aromatic rings. The van der Waals surface area contributed by atoms with Gasteiger partial charge in [0.25, 0.3) is 11.7 Å². The highest BCUT2D eigenvalue weighted by molar-refractivity contribution is 6.46. The van der Waals surface area contributed by atoms with Crippen LogP contribution in [0.5, 0.6) is 0 Å². The maximum Gasteiger partial charge on any atom is 0.295 e. The van der Waals surface area contributed by atoms with Gasteiger partial charge in [-0.2, -0.15) is 0 Å². The van der Waals surface area contributed by atoms with Crippen LogP contribution in [0.15, 0.2) is 36.3 Å². The first kappa shape index (κ1) is 19.6. The highest BCUT2D eigenvalue weighted by atomic mass is 16.3. The summed E-state index contributed by atoms with van der Waals surface area (Å²) in [5.74, 6) is -1.04. The largest absolute Gasteiger partial charge is 0.507 e. The molecule has 8 nitrogen and oxygen atoms in total. The van der Waals surface area contributed by atoms with Gasteiger partial charge in [0.15, 0.2) is 0 Å². The molecular formula is C20H23N5O3. The van der Waals surface area contributed by atoms with E-state index in [2.05, 4.69) is 15.0 Å². The van der Waals surface area contributed by atoms with E-state index < -0.39 is 17.7 Å². The molecule has 8 heteroatoms. The summed E-state index contributed by atoms with van der Waals surface area (Å²) in [6, 6.07) is 2.79. The maximum absolute atomic E-state index is 12.9. The summed E-state index contributed by atoms with van der Waals surface area (Å²) in [5.41, 5.74) is 1.64. The molecule has 1 atom stereocenters. The molecule has 28 heavy (non-hydrogen) atoms. The molecule has 0 radical (unpaired) electrons. The lowest BCUT2D eigenvalue weighted by molar-refractivity contribution is -0.140. The third kappa shape index (κ3) is 3.63. The van der Waals surface area contributed by atoms with E-state index in [0.717, 1.165) is 0 Å². The number of aromatic nitrogens is 3. The molecule has 2 aromatic heterocycles. The third-order valence-electron chi connectivity index (χ3n) is 4.70. The summed E-state index contributed by atoms with van der Waals surface area (Å²) in [6.07, 6.45) is 4.67. The van der Waals surface area contributed by atoms with Crippen LogP contribution in [0, 0.1) is 13.8 Å². The number of carbonyl (C=O) groups is 2. The zero-order chi connectivity index (χ0) is 20.4. The number of aliphatic hydroxyl groups excluding tert-OH is 1. The van der Waals surface area contributed by atoms with Gasteiger partial charge in [0.1, 0.15) is 11.6 Å². The Morgan fingerprint density at radius 2 is 1.89 bits per heavy atom. The van der Waals surface area contributed by atoms with Gasteiger partial charge in [-0.1, -0.05) is 0 Å². The minimum atomic E-state index is -0.710. The van der Waals surface area contributed by atoms with Crippen LogP contribution in [0.25, 0.3) is 5.76 Å². The van der Waals surface area contributed by atoms with E-state index in [9.17, 15) is 14.7 Å². The molecule has 1 saturated heterocycles. The predicted molar refractivity (Wildman–Crippen MR) is 103 cm³/mol. The lowest BCUT2D eigenvalue weighted by Gasteiger charge is -2.26. The number of ketones is 1. The molecule has 1 fully saturated rings. The van der Waals surface area contributed by atoms with E-state index in [-0.39, 0.29) is 11.3 Å². The molecule has 0 saturated carbocycles. The predicted octanol–water partition coefficient (Wildman–Crippen LogP) is 1.47. The second-order valence-electron chi connectivity index (χ2n) is 6.99. The summed E-state index contributed by atoms with van der Waals surface area (Å²) in [4.78, 5) is 41.4. The fourth-order valence-electron chi connectivity index (χ4n) is 3.27. The van der Waals surface area contributed by atoms with Crippen molar-refractivity contribution in [2.45, 2.75) is 19.9 Å². The van der Waals surface area contributed by atoms with Gasteiger partial charge in [0, 0.05) is 31.7 Å². The molecule has 0 bridgehead atoms. The number of pyridine rings is 1. The zero-order valence-corrected chi connectivity index (χ0v) is 16.4. The first-order valence-electron chi connectivity index (χ1n) is 8.95. The molecule has 0 aliphatic carbocycles. The number of rotatable bonds is 5. The number of Topliss-reactive ketones (excluding diaryl/α,β-unsaturated/α-hetero) is 1. The molecule has 3 heterocycles. The highest BCUT2D eigenvalue weighted by Gasteiger charge is 2.46. The Kier molecular flexibility index (Phi) is 5.51. The van der Waals surface area contributed by atoms with Gasteiger partial charge in [-0.25, -0.2) is 9.97 Å². The van der Waals surface area contributed by atoms with Crippen molar-refractivity contribution in [3.05, 3.63) is 58.9 Å². The second-order valence-corrected chi connectivity index (χ2v) is 6.99. The molecule has 1 N–H and O–H groups in total. The third-order valence-corrected chi connectivity index (χ3v) is 4.70. The van der Waals surface area contributed by atoms with Gasteiger partial charge in [0.05, 0.1) is 22.9 Å². The average Bonchev–Trinajstić information content (AvgIpc) is 2.91. The maximum atomic E-state index is 12.9. The number of carbonyl (C=O) groups excluding carboxylic acids is 2. The van der Waals surface area contributed by atoms with Crippen LogP contribution in [0.1, 0.15) is 28.7 Å². The number of nitrogens with zero attached hydrogens (tertiary/aromatic N) is 5. The first-order chi connectivity index (χ1) is 13.3. The molecule has 3 rings (SSSR count). The number of likely N-dealkylation sites (tertiary alicyclic amines) is 1. The van der Waals surface area contributed by atoms with Gasteiger partial charge in [-0.3, -0.25) is 14.6 Å². The topological polar surface area (TPSA) is 99.5 Å². The average molecular weight is 381 g/mol. The van der Waals surface area contributed by atoms with Gasteiger partial charge in [0.2, 0.25) is 0 Å². The monoisotopic (exact) mass is 381 g/mol. The van der Waals surface area contributed by atoms with Crippen molar-refractivity contribution in [1.82, 2.24) is 24.8 Å². The van der Waals surface area contributed by atoms with Crippen molar-refractivity contribution in [2.75, 3.05) is 27.2 Å². The van der Waals surface area contributed by atoms with E-state index in [1.165, 1.54) is 11.1 Å². The molecule has 1 amide bonds. The Morgan fingerprint density at radius 1 is 1.21 bits per heavy atom. The van der Waals surface area contributed by atoms with E-state index >= 15 is 0 Å². The summed E-state index contributed by atoms with van der Waals surface area (Å²) in [6.45, 7) is 4.41. The van der Waals surface area contributed by atoms with Crippen LogP contribution in [0.3, 0.4) is 0 Å². The van der Waals surface area contributed by atoms with Crippen molar-refractivity contribution >= 4 is 17.4 Å². The Labute approximate surface area is 163 Å². The second kappa shape index (κ2) is 7.85. The highest BCUT2D eigenvalue weighted by Crippen LogP contribution is 2.39. The van der Waals surface area contributed by atoms with E-state index in [4.69, 9.17) is 0 Å². The summed E-state index contributed by atoms with van der Waals surface area (Å²) >= 11 is 0. The van der Waals surface area contributed by atoms with Crippen molar-refractivity contribution in [2.24, 2.45) is 0 Å². The number of hydrogen-bond donors (Lipinski definition) is 1. The Morgan fingerprint density at radius 3 is 2.50 bits per heavy atom. The van der Waals surface area contributed by atoms with E-state index in [0.29, 0.717) is 35.7 Å². The van der Waals surface area contributed by atoms with Crippen LogP contribution < -0.4 is 0 Å². The zero-order valence-electron chi connectivity index (χ0n) is 16.4. The van der Waals surface area contributed by atoms with Crippen LogP contribution in [-0.4, -0.2) is 68.7 Å². The molecule has 1 aliphatic heterocycles. The van der Waals surface area contributed by atoms with Gasteiger partial charge < -0.3 is 14.9 Å². The van der Waals surface area contributed by atoms with Crippen LogP contribution in [0.2, 0.25) is 0 Å². The first-order valence-corrected chi connectivity index (χ1v) is 8.95. The quantitative estimate of drug-likeness (QED) is 0.476. The van der Waals surface area contributed by atoms with Gasteiger partial charge >= 0.3 is 0 Å². The number of hydrogen-bond acceptors (Lipinski definition) is 7. The Balaban J connectivity index is 2.16.